The average molecular weight is 576 g/mol. The summed E-state index contributed by atoms with van der Waals surface area (Å²) in [6.45, 7) is 5.05. The first-order valence-electron chi connectivity index (χ1n) is 13.4. The summed E-state index contributed by atoms with van der Waals surface area (Å²) in [6.07, 6.45) is 0. The molecule has 0 radical (unpaired) electrons. The molecule has 1 aliphatic rings. The third-order valence-corrected chi connectivity index (χ3v) is 7.55. The quantitative estimate of drug-likeness (QED) is 0.267. The number of benzene rings is 2. The molecule has 1 fully saturated rings. The molecule has 11 nitrogen and oxygen atoms in total. The molecule has 0 bridgehead atoms. The zero-order chi connectivity index (χ0) is 28.4. The third kappa shape index (κ3) is 7.22. The first-order chi connectivity index (χ1) is 20.2. The molecule has 2 aromatic heterocycles. The van der Waals surface area contributed by atoms with Gasteiger partial charge in [-0.15, -0.1) is 10.2 Å². The maximum atomic E-state index is 13.7. The minimum absolute atomic E-state index is 0.245. The van der Waals surface area contributed by atoms with Gasteiger partial charge in [0.05, 0.1) is 32.1 Å². The summed E-state index contributed by atoms with van der Waals surface area (Å²) in [5.74, 6) is 0.723. The Morgan fingerprint density at radius 3 is 2.41 bits per heavy atom. The number of hydrogen-bond donors (Lipinski definition) is 1. The number of ether oxygens (including phenoxy) is 3. The molecule has 1 amide bonds. The fourth-order valence-electron chi connectivity index (χ4n) is 4.34. The molecule has 0 atom stereocenters. The molecule has 12 heteroatoms. The number of nitrogens with one attached hydrogen (secondary N) is 1. The van der Waals surface area contributed by atoms with Crippen molar-refractivity contribution in [2.75, 3.05) is 81.9 Å². The van der Waals surface area contributed by atoms with Crippen LogP contribution in [-0.2, 0) is 14.2 Å². The second-order valence-corrected chi connectivity index (χ2v) is 10.2. The predicted molar refractivity (Wildman–Crippen MR) is 160 cm³/mol. The summed E-state index contributed by atoms with van der Waals surface area (Å²) in [5.41, 5.74) is 2.47. The molecule has 0 aliphatic carbocycles. The maximum Gasteiger partial charge on any atom is 0.274 e. The lowest BCUT2D eigenvalue weighted by Crippen LogP contribution is -2.36. The van der Waals surface area contributed by atoms with Crippen molar-refractivity contribution < 1.29 is 19.0 Å². The smallest absolute Gasteiger partial charge is 0.274 e. The standard InChI is InChI=1S/C29H33N7O4S/c1-38-16-12-35(13-17-39-2)25-20-24(30-26(32-25)21-8-4-3-5-9-21)27(37)31-23-11-7-6-10-22(23)28-33-34-29(41-28)36-14-18-40-19-15-36/h3-11,20H,12-19H2,1-2H3,(H,31,37). The number of carbonyl (C=O) groups excluding carboxylic acids is 1. The first-order valence-corrected chi connectivity index (χ1v) is 14.2. The van der Waals surface area contributed by atoms with Crippen LogP contribution >= 0.6 is 11.3 Å². The lowest BCUT2D eigenvalue weighted by Gasteiger charge is -2.25. The number of nitrogens with zero attached hydrogens (tertiary/aromatic N) is 6. The van der Waals surface area contributed by atoms with Gasteiger partial charge in [0.25, 0.3) is 5.91 Å². The van der Waals surface area contributed by atoms with Crippen LogP contribution in [0.1, 0.15) is 10.5 Å². The van der Waals surface area contributed by atoms with E-state index in [0.717, 1.165) is 34.4 Å². The van der Waals surface area contributed by atoms with Gasteiger partial charge < -0.3 is 29.3 Å². The predicted octanol–water partition coefficient (Wildman–Crippen LogP) is 3.85. The summed E-state index contributed by atoms with van der Waals surface area (Å²) >= 11 is 1.49. The van der Waals surface area contributed by atoms with Crippen molar-refractivity contribution in [2.45, 2.75) is 0 Å². The number of carbonyl (C=O) groups is 1. The minimum atomic E-state index is -0.352. The van der Waals surface area contributed by atoms with Crippen molar-refractivity contribution in [1.82, 2.24) is 20.2 Å². The Labute approximate surface area is 243 Å². The second kappa shape index (κ2) is 14.1. The van der Waals surface area contributed by atoms with Gasteiger partial charge in [-0.25, -0.2) is 9.97 Å². The Hall–Kier alpha value is -3.97. The Morgan fingerprint density at radius 1 is 0.976 bits per heavy atom. The van der Waals surface area contributed by atoms with Gasteiger partial charge in [-0.3, -0.25) is 4.79 Å². The molecule has 5 rings (SSSR count). The van der Waals surface area contributed by atoms with Crippen LogP contribution in [0.3, 0.4) is 0 Å². The number of amides is 1. The second-order valence-electron chi connectivity index (χ2n) is 9.26. The highest BCUT2D eigenvalue weighted by molar-refractivity contribution is 7.18. The molecule has 0 unspecified atom stereocenters. The molecule has 1 aliphatic heterocycles. The summed E-state index contributed by atoms with van der Waals surface area (Å²) in [6, 6.07) is 18.9. The number of aromatic nitrogens is 4. The summed E-state index contributed by atoms with van der Waals surface area (Å²) in [4.78, 5) is 27.4. The Balaban J connectivity index is 1.45. The van der Waals surface area contributed by atoms with E-state index < -0.39 is 0 Å². The van der Waals surface area contributed by atoms with Gasteiger partial charge in [0.2, 0.25) is 5.13 Å². The summed E-state index contributed by atoms with van der Waals surface area (Å²) in [7, 11) is 3.31. The van der Waals surface area contributed by atoms with Crippen molar-refractivity contribution in [3.63, 3.8) is 0 Å². The van der Waals surface area contributed by atoms with E-state index in [-0.39, 0.29) is 11.6 Å². The van der Waals surface area contributed by atoms with Crippen LogP contribution < -0.4 is 15.1 Å². The number of anilines is 3. The molecular formula is C29H33N7O4S. The lowest BCUT2D eigenvalue weighted by molar-refractivity contribution is 0.102. The minimum Gasteiger partial charge on any atom is -0.383 e. The molecule has 41 heavy (non-hydrogen) atoms. The molecule has 4 aromatic rings. The topological polar surface area (TPSA) is 115 Å². The molecule has 214 valence electrons. The van der Waals surface area contributed by atoms with Gasteiger partial charge in [-0.05, 0) is 12.1 Å². The number of methoxy groups -OCH3 is 2. The summed E-state index contributed by atoms with van der Waals surface area (Å²) in [5, 5.41) is 13.4. The molecule has 2 aromatic carbocycles. The van der Waals surface area contributed by atoms with Crippen molar-refractivity contribution >= 4 is 33.9 Å². The third-order valence-electron chi connectivity index (χ3n) is 6.53. The highest BCUT2D eigenvalue weighted by atomic mass is 32.1. The Morgan fingerprint density at radius 2 is 1.68 bits per heavy atom. The van der Waals surface area contributed by atoms with Crippen LogP contribution in [0, 0.1) is 0 Å². The molecule has 1 N–H and O–H groups in total. The van der Waals surface area contributed by atoms with Gasteiger partial charge in [0.15, 0.2) is 10.8 Å². The maximum absolute atomic E-state index is 13.7. The van der Waals surface area contributed by atoms with E-state index in [9.17, 15) is 4.79 Å². The summed E-state index contributed by atoms with van der Waals surface area (Å²) < 4.78 is 16.1. The molecule has 0 spiro atoms. The largest absolute Gasteiger partial charge is 0.383 e. The molecule has 3 heterocycles. The van der Waals surface area contributed by atoms with E-state index in [1.54, 1.807) is 20.3 Å². The van der Waals surface area contributed by atoms with E-state index in [2.05, 4.69) is 25.4 Å². The zero-order valence-electron chi connectivity index (χ0n) is 23.2. The van der Waals surface area contributed by atoms with Gasteiger partial charge in [0, 0.05) is 57.6 Å². The van der Waals surface area contributed by atoms with E-state index in [1.165, 1.54) is 11.3 Å². The van der Waals surface area contributed by atoms with E-state index in [4.69, 9.17) is 19.2 Å². The van der Waals surface area contributed by atoms with Gasteiger partial charge >= 0.3 is 0 Å². The van der Waals surface area contributed by atoms with Crippen molar-refractivity contribution in [2.24, 2.45) is 0 Å². The van der Waals surface area contributed by atoms with Crippen LogP contribution in [0.4, 0.5) is 16.6 Å². The van der Waals surface area contributed by atoms with Crippen LogP contribution in [0.2, 0.25) is 0 Å². The fourth-order valence-corrected chi connectivity index (χ4v) is 5.28. The Kier molecular flexibility index (Phi) is 9.81. The van der Waals surface area contributed by atoms with Crippen molar-refractivity contribution in [3.8, 4) is 22.0 Å². The van der Waals surface area contributed by atoms with Gasteiger partial charge in [0.1, 0.15) is 11.5 Å². The first kappa shape index (κ1) is 28.6. The van der Waals surface area contributed by atoms with E-state index >= 15 is 0 Å². The monoisotopic (exact) mass is 575 g/mol. The van der Waals surface area contributed by atoms with Crippen molar-refractivity contribution in [3.05, 3.63) is 66.4 Å². The zero-order valence-corrected chi connectivity index (χ0v) is 24.0. The van der Waals surface area contributed by atoms with Crippen LogP contribution in [0.15, 0.2) is 60.7 Å². The highest BCUT2D eigenvalue weighted by Gasteiger charge is 2.21. The van der Waals surface area contributed by atoms with Crippen LogP contribution in [0.25, 0.3) is 22.0 Å². The lowest BCUT2D eigenvalue weighted by atomic mass is 10.1. The SMILES string of the molecule is COCCN(CCOC)c1cc(C(=O)Nc2ccccc2-c2nnc(N3CCOCC3)s2)nc(-c2ccccc2)n1. The van der Waals surface area contributed by atoms with E-state index in [1.807, 2.05) is 59.5 Å². The van der Waals surface area contributed by atoms with Crippen LogP contribution in [0.5, 0.6) is 0 Å². The highest BCUT2D eigenvalue weighted by Crippen LogP contribution is 2.34. The molecule has 1 saturated heterocycles. The van der Waals surface area contributed by atoms with Crippen LogP contribution in [-0.4, -0.2) is 92.9 Å². The number of para-hydroxylation sites is 1. The van der Waals surface area contributed by atoms with Gasteiger partial charge in [-0.2, -0.15) is 0 Å². The molecule has 0 saturated carbocycles. The number of hydrogen-bond acceptors (Lipinski definition) is 11. The van der Waals surface area contributed by atoms with E-state index in [0.29, 0.717) is 56.8 Å². The Bertz CT molecular complexity index is 1420. The normalized spacial score (nSPS) is 13.3. The number of morpholine rings is 1. The fraction of sp³-hybridized carbons (Fsp3) is 0.345. The van der Waals surface area contributed by atoms with Crippen molar-refractivity contribution in [1.29, 1.82) is 0 Å². The average Bonchev–Trinajstić information content (AvgIpc) is 3.52. The molecular weight excluding hydrogens is 542 g/mol. The van der Waals surface area contributed by atoms with Gasteiger partial charge in [-0.1, -0.05) is 53.8 Å². The number of rotatable bonds is 12.